The first-order chi connectivity index (χ1) is 12.7. The lowest BCUT2D eigenvalue weighted by Crippen LogP contribution is -2.37. The number of ketones is 1. The lowest BCUT2D eigenvalue weighted by Gasteiger charge is -2.13. The predicted octanol–water partition coefficient (Wildman–Crippen LogP) is 0.901. The van der Waals surface area contributed by atoms with Crippen molar-refractivity contribution in [2.45, 2.75) is 13.8 Å². The Morgan fingerprint density at radius 3 is 2.30 bits per heavy atom. The van der Waals surface area contributed by atoms with Gasteiger partial charge in [0.25, 0.3) is 5.91 Å². The van der Waals surface area contributed by atoms with Crippen molar-refractivity contribution in [1.82, 2.24) is 9.80 Å². The Kier molecular flexibility index (Phi) is 6.27. The maximum absolute atomic E-state index is 12.1. The summed E-state index contributed by atoms with van der Waals surface area (Å²) >= 11 is 0. The van der Waals surface area contributed by atoms with Gasteiger partial charge < -0.3 is 15.0 Å². The zero-order valence-corrected chi connectivity index (χ0v) is 15.4. The summed E-state index contributed by atoms with van der Waals surface area (Å²) in [6.45, 7) is 2.40. The number of anilines is 1. The third-order valence-electron chi connectivity index (χ3n) is 3.88. The highest BCUT2D eigenvalue weighted by molar-refractivity contribution is 6.04. The smallest absolute Gasteiger partial charge is 0.327 e. The molecule has 1 aromatic carbocycles. The van der Waals surface area contributed by atoms with Crippen molar-refractivity contribution in [1.29, 1.82) is 0 Å². The first kappa shape index (κ1) is 20.1. The van der Waals surface area contributed by atoms with Crippen LogP contribution >= 0.6 is 0 Å². The van der Waals surface area contributed by atoms with Gasteiger partial charge in [-0.2, -0.15) is 0 Å². The molecule has 1 fully saturated rings. The molecule has 9 heteroatoms. The number of rotatable bonds is 7. The van der Waals surface area contributed by atoms with Crippen LogP contribution < -0.4 is 5.32 Å². The lowest BCUT2D eigenvalue weighted by atomic mass is 10.1. The summed E-state index contributed by atoms with van der Waals surface area (Å²) in [7, 11) is 1.45. The number of carbonyl (C=O) groups excluding carboxylic acids is 5. The van der Waals surface area contributed by atoms with Crippen molar-refractivity contribution >= 4 is 35.3 Å². The number of hydrogen-bond acceptors (Lipinski definition) is 6. The van der Waals surface area contributed by atoms with Crippen LogP contribution in [0.4, 0.5) is 10.5 Å². The first-order valence-electron chi connectivity index (χ1n) is 8.34. The summed E-state index contributed by atoms with van der Waals surface area (Å²) in [5.74, 6) is -2.09. The van der Waals surface area contributed by atoms with E-state index in [9.17, 15) is 24.0 Å². The van der Waals surface area contributed by atoms with E-state index in [0.29, 0.717) is 11.3 Å². The number of esters is 1. The average molecular weight is 375 g/mol. The number of benzene rings is 1. The Morgan fingerprint density at radius 2 is 1.78 bits per heavy atom. The fourth-order valence-electron chi connectivity index (χ4n) is 2.25. The molecule has 144 valence electrons. The Balaban J connectivity index is 1.84. The van der Waals surface area contributed by atoms with Gasteiger partial charge in [0.1, 0.15) is 13.1 Å². The third kappa shape index (κ3) is 5.13. The molecule has 2 rings (SSSR count). The quantitative estimate of drug-likeness (QED) is 0.430. The Labute approximate surface area is 156 Å². The van der Waals surface area contributed by atoms with Gasteiger partial charge in [0, 0.05) is 24.2 Å². The highest BCUT2D eigenvalue weighted by Gasteiger charge is 2.35. The molecular formula is C18H21N3O6. The number of ether oxygens (including phenoxy) is 1. The average Bonchev–Trinajstić information content (AvgIpc) is 2.86. The van der Waals surface area contributed by atoms with E-state index in [2.05, 4.69) is 5.32 Å². The molecule has 27 heavy (non-hydrogen) atoms. The summed E-state index contributed by atoms with van der Waals surface area (Å²) < 4.78 is 4.86. The highest BCUT2D eigenvalue weighted by Crippen LogP contribution is 2.12. The number of Topliss-reactive ketones (excluding diaryl/α,β-unsaturated/α-hetero) is 1. The second-order valence-electron chi connectivity index (χ2n) is 6.42. The molecule has 9 nitrogen and oxygen atoms in total. The zero-order chi connectivity index (χ0) is 20.1. The minimum Gasteiger partial charge on any atom is -0.456 e. The van der Waals surface area contributed by atoms with Crippen molar-refractivity contribution in [3.05, 3.63) is 29.8 Å². The van der Waals surface area contributed by atoms with E-state index in [1.54, 1.807) is 26.0 Å². The molecule has 1 aliphatic rings. The van der Waals surface area contributed by atoms with Crippen molar-refractivity contribution in [2.75, 3.05) is 32.1 Å². The highest BCUT2D eigenvalue weighted by atomic mass is 16.5. The van der Waals surface area contributed by atoms with Gasteiger partial charge in [0.15, 0.2) is 12.4 Å². The third-order valence-corrected chi connectivity index (χ3v) is 3.88. The molecule has 0 unspecified atom stereocenters. The van der Waals surface area contributed by atoms with Crippen molar-refractivity contribution in [3.63, 3.8) is 0 Å². The van der Waals surface area contributed by atoms with Gasteiger partial charge in [-0.15, -0.1) is 0 Å². The topological polar surface area (TPSA) is 113 Å². The second kappa shape index (κ2) is 8.43. The van der Waals surface area contributed by atoms with Gasteiger partial charge in [-0.1, -0.05) is 13.8 Å². The Bertz CT molecular complexity index is 772. The van der Waals surface area contributed by atoms with Crippen LogP contribution in [0.2, 0.25) is 0 Å². The maximum Gasteiger partial charge on any atom is 0.327 e. The van der Waals surface area contributed by atoms with Crippen molar-refractivity contribution in [3.8, 4) is 0 Å². The number of carbonyl (C=O) groups is 5. The summed E-state index contributed by atoms with van der Waals surface area (Å²) in [6.07, 6.45) is 0. The molecule has 0 saturated carbocycles. The predicted molar refractivity (Wildman–Crippen MR) is 94.9 cm³/mol. The number of imide groups is 1. The van der Waals surface area contributed by atoms with Gasteiger partial charge in [-0.3, -0.25) is 24.1 Å². The van der Waals surface area contributed by atoms with E-state index in [0.717, 1.165) is 4.90 Å². The van der Waals surface area contributed by atoms with Crippen LogP contribution in [0, 0.1) is 5.92 Å². The van der Waals surface area contributed by atoms with Crippen LogP contribution in [-0.2, 0) is 19.1 Å². The maximum atomic E-state index is 12.1. The molecule has 4 amide bonds. The van der Waals surface area contributed by atoms with Crippen LogP contribution in [0.25, 0.3) is 0 Å². The number of urea groups is 1. The molecule has 0 aromatic heterocycles. The van der Waals surface area contributed by atoms with Crippen LogP contribution in [0.15, 0.2) is 24.3 Å². The Morgan fingerprint density at radius 1 is 1.15 bits per heavy atom. The number of nitrogens with one attached hydrogen (secondary N) is 1. The van der Waals surface area contributed by atoms with E-state index >= 15 is 0 Å². The molecule has 1 aliphatic heterocycles. The second-order valence-corrected chi connectivity index (χ2v) is 6.42. The number of hydrogen-bond donors (Lipinski definition) is 1. The van der Waals surface area contributed by atoms with Gasteiger partial charge >= 0.3 is 12.0 Å². The lowest BCUT2D eigenvalue weighted by molar-refractivity contribution is -0.145. The standard InChI is InChI=1S/C18H21N3O6/c1-11(2)17(25)19-13-6-4-12(5-7-13)14(22)10-27-16(24)9-21-15(23)8-20(3)18(21)26/h4-7,11H,8-10H2,1-3H3,(H,19,25). The first-order valence-corrected chi connectivity index (χ1v) is 8.34. The van der Waals surface area contributed by atoms with Crippen LogP contribution in [-0.4, -0.2) is 66.1 Å². The number of amides is 4. The summed E-state index contributed by atoms with van der Waals surface area (Å²) in [5, 5.41) is 2.70. The molecule has 0 spiro atoms. The zero-order valence-electron chi connectivity index (χ0n) is 15.4. The molecule has 0 radical (unpaired) electrons. The van der Waals surface area contributed by atoms with Crippen molar-refractivity contribution in [2.24, 2.45) is 5.92 Å². The van der Waals surface area contributed by atoms with Crippen LogP contribution in [0.3, 0.4) is 0 Å². The molecule has 0 bridgehead atoms. The molecule has 0 atom stereocenters. The fourth-order valence-corrected chi connectivity index (χ4v) is 2.25. The van der Waals surface area contributed by atoms with E-state index in [1.807, 2.05) is 0 Å². The Hall–Kier alpha value is -3.23. The number of likely N-dealkylation sites (N-methyl/N-ethyl adjacent to an activating group) is 1. The van der Waals surface area contributed by atoms with Crippen LogP contribution in [0.1, 0.15) is 24.2 Å². The summed E-state index contributed by atoms with van der Waals surface area (Å²) in [6, 6.07) is 5.59. The minimum absolute atomic E-state index is 0.0925. The summed E-state index contributed by atoms with van der Waals surface area (Å²) in [5.41, 5.74) is 0.857. The van der Waals surface area contributed by atoms with Gasteiger partial charge in [0.05, 0.1) is 0 Å². The fraction of sp³-hybridized carbons (Fsp3) is 0.389. The molecule has 1 saturated heterocycles. The SMILES string of the molecule is CC(C)C(=O)Nc1ccc(C(=O)COC(=O)CN2C(=O)CN(C)C2=O)cc1. The van der Waals surface area contributed by atoms with Crippen LogP contribution in [0.5, 0.6) is 0 Å². The van der Waals surface area contributed by atoms with Gasteiger partial charge in [-0.05, 0) is 24.3 Å². The number of nitrogens with zero attached hydrogens (tertiary/aromatic N) is 2. The molecule has 1 aromatic rings. The largest absolute Gasteiger partial charge is 0.456 e. The van der Waals surface area contributed by atoms with E-state index in [-0.39, 0.29) is 18.4 Å². The minimum atomic E-state index is -0.846. The van der Waals surface area contributed by atoms with Gasteiger partial charge in [-0.25, -0.2) is 4.79 Å². The molecular weight excluding hydrogens is 354 g/mol. The monoisotopic (exact) mass is 375 g/mol. The van der Waals surface area contributed by atoms with Gasteiger partial charge in [0.2, 0.25) is 5.91 Å². The van der Waals surface area contributed by atoms with E-state index in [1.165, 1.54) is 24.1 Å². The normalized spacial score (nSPS) is 13.9. The van der Waals surface area contributed by atoms with E-state index < -0.39 is 36.8 Å². The molecule has 0 aliphatic carbocycles. The molecule has 1 N–H and O–H groups in total. The summed E-state index contributed by atoms with van der Waals surface area (Å²) in [4.78, 5) is 60.7. The molecule has 1 heterocycles. The van der Waals surface area contributed by atoms with Crippen molar-refractivity contribution < 1.29 is 28.7 Å². The van der Waals surface area contributed by atoms with E-state index in [4.69, 9.17) is 4.74 Å².